The van der Waals surface area contributed by atoms with Crippen molar-refractivity contribution in [2.75, 3.05) is 11.9 Å². The molecule has 0 aromatic heterocycles. The number of nitrogens with zero attached hydrogens (tertiary/aromatic N) is 2. The van der Waals surface area contributed by atoms with Crippen molar-refractivity contribution < 1.29 is 9.59 Å². The molecular formula is C20H19N3O2. The van der Waals surface area contributed by atoms with Crippen molar-refractivity contribution >= 4 is 17.5 Å². The van der Waals surface area contributed by atoms with Crippen LogP contribution in [0.4, 0.5) is 5.69 Å². The first-order chi connectivity index (χ1) is 12.1. The van der Waals surface area contributed by atoms with Gasteiger partial charge in [0.15, 0.2) is 0 Å². The lowest BCUT2D eigenvalue weighted by atomic mass is 9.90. The van der Waals surface area contributed by atoms with E-state index < -0.39 is 0 Å². The van der Waals surface area contributed by atoms with Gasteiger partial charge in [0.1, 0.15) is 0 Å². The van der Waals surface area contributed by atoms with Crippen LogP contribution in [0.5, 0.6) is 0 Å². The summed E-state index contributed by atoms with van der Waals surface area (Å²) >= 11 is 0. The van der Waals surface area contributed by atoms with E-state index in [9.17, 15) is 9.59 Å². The number of anilines is 1. The number of benzene rings is 2. The van der Waals surface area contributed by atoms with Gasteiger partial charge in [-0.1, -0.05) is 30.3 Å². The minimum atomic E-state index is -0.262. The number of amides is 2. The fraction of sp³-hybridized carbons (Fsp3) is 0.250. The van der Waals surface area contributed by atoms with Crippen LogP contribution in [-0.2, 0) is 16.0 Å². The zero-order chi connectivity index (χ0) is 17.8. The lowest BCUT2D eigenvalue weighted by Gasteiger charge is -2.36. The summed E-state index contributed by atoms with van der Waals surface area (Å²) in [7, 11) is 0. The Hall–Kier alpha value is -3.13. The normalized spacial score (nSPS) is 15.8. The van der Waals surface area contributed by atoms with Crippen LogP contribution in [0.15, 0.2) is 48.5 Å². The fourth-order valence-electron chi connectivity index (χ4n) is 3.30. The monoisotopic (exact) mass is 333 g/mol. The molecule has 0 saturated carbocycles. The predicted molar refractivity (Wildman–Crippen MR) is 94.7 cm³/mol. The molecule has 1 atom stereocenters. The molecule has 126 valence electrons. The maximum Gasteiger partial charge on any atom is 0.226 e. The Kier molecular flexibility index (Phi) is 4.80. The number of nitriles is 1. The van der Waals surface area contributed by atoms with Gasteiger partial charge in [0.2, 0.25) is 11.8 Å². The smallest absolute Gasteiger partial charge is 0.226 e. The maximum absolute atomic E-state index is 12.5. The largest absolute Gasteiger partial charge is 0.335 e. The maximum atomic E-state index is 12.5. The van der Waals surface area contributed by atoms with E-state index in [1.165, 1.54) is 12.5 Å². The summed E-state index contributed by atoms with van der Waals surface area (Å²) in [4.78, 5) is 26.3. The van der Waals surface area contributed by atoms with Crippen LogP contribution in [0.1, 0.15) is 36.1 Å². The minimum Gasteiger partial charge on any atom is -0.335 e. The zero-order valence-electron chi connectivity index (χ0n) is 14.0. The molecular weight excluding hydrogens is 314 g/mol. The molecule has 25 heavy (non-hydrogen) atoms. The van der Waals surface area contributed by atoms with Crippen molar-refractivity contribution in [3.8, 4) is 6.07 Å². The quantitative estimate of drug-likeness (QED) is 0.938. The van der Waals surface area contributed by atoms with E-state index in [-0.39, 0.29) is 24.3 Å². The van der Waals surface area contributed by atoms with Crippen molar-refractivity contribution in [2.45, 2.75) is 25.8 Å². The highest BCUT2D eigenvalue weighted by Crippen LogP contribution is 2.32. The van der Waals surface area contributed by atoms with Crippen LogP contribution in [0.3, 0.4) is 0 Å². The van der Waals surface area contributed by atoms with Gasteiger partial charge < -0.3 is 10.2 Å². The number of fused-ring (bicyclic) bond motifs is 1. The molecule has 1 heterocycles. The van der Waals surface area contributed by atoms with E-state index >= 15 is 0 Å². The van der Waals surface area contributed by atoms with E-state index in [0.29, 0.717) is 17.8 Å². The second-order valence-electron chi connectivity index (χ2n) is 6.12. The molecule has 0 radical (unpaired) electrons. The number of hydrogen-bond acceptors (Lipinski definition) is 3. The molecule has 0 saturated heterocycles. The molecule has 5 heteroatoms. The second kappa shape index (κ2) is 7.18. The molecule has 1 N–H and O–H groups in total. The van der Waals surface area contributed by atoms with E-state index in [1.54, 1.807) is 29.2 Å². The van der Waals surface area contributed by atoms with Crippen LogP contribution in [0, 0.1) is 11.3 Å². The molecule has 2 amide bonds. The molecule has 3 rings (SSSR count). The first-order valence-electron chi connectivity index (χ1n) is 8.23. The van der Waals surface area contributed by atoms with Crippen molar-refractivity contribution in [2.24, 2.45) is 0 Å². The van der Waals surface area contributed by atoms with Gasteiger partial charge in [-0.3, -0.25) is 9.59 Å². The van der Waals surface area contributed by atoms with E-state index in [0.717, 1.165) is 12.0 Å². The Morgan fingerprint density at radius 3 is 2.80 bits per heavy atom. The number of nitrogens with one attached hydrogen (secondary N) is 1. The Balaban J connectivity index is 1.80. The molecule has 1 aliphatic heterocycles. The first-order valence-corrected chi connectivity index (χ1v) is 8.23. The zero-order valence-corrected chi connectivity index (χ0v) is 14.0. The van der Waals surface area contributed by atoms with Crippen LogP contribution < -0.4 is 5.32 Å². The number of carbonyl (C=O) groups excluding carboxylic acids is 2. The topological polar surface area (TPSA) is 73.2 Å². The molecule has 2 aromatic carbocycles. The van der Waals surface area contributed by atoms with E-state index in [2.05, 4.69) is 11.4 Å². The molecule has 0 bridgehead atoms. The Morgan fingerprint density at radius 2 is 2.04 bits per heavy atom. The summed E-state index contributed by atoms with van der Waals surface area (Å²) < 4.78 is 0. The summed E-state index contributed by atoms with van der Waals surface area (Å²) in [6.45, 7) is 2.16. The number of hydrogen-bond donors (Lipinski definition) is 1. The van der Waals surface area contributed by atoms with E-state index in [4.69, 9.17) is 5.26 Å². The van der Waals surface area contributed by atoms with Crippen LogP contribution >= 0.6 is 0 Å². The summed E-state index contributed by atoms with van der Waals surface area (Å²) in [6, 6.07) is 16.5. The van der Waals surface area contributed by atoms with E-state index in [1.807, 2.05) is 24.3 Å². The van der Waals surface area contributed by atoms with Gasteiger partial charge in [-0.05, 0) is 35.7 Å². The molecule has 0 aliphatic carbocycles. The van der Waals surface area contributed by atoms with Crippen LogP contribution in [0.25, 0.3) is 0 Å². The van der Waals surface area contributed by atoms with Gasteiger partial charge in [-0.15, -0.1) is 0 Å². The molecule has 5 nitrogen and oxygen atoms in total. The third-order valence-corrected chi connectivity index (χ3v) is 4.47. The van der Waals surface area contributed by atoms with Crippen LogP contribution in [-0.4, -0.2) is 23.3 Å². The molecule has 1 unspecified atom stereocenters. The minimum absolute atomic E-state index is 0.0289. The average molecular weight is 333 g/mol. The van der Waals surface area contributed by atoms with Gasteiger partial charge in [0.05, 0.1) is 24.1 Å². The Labute approximate surface area is 146 Å². The highest BCUT2D eigenvalue weighted by atomic mass is 16.2. The van der Waals surface area contributed by atoms with Crippen molar-refractivity contribution in [1.29, 1.82) is 5.26 Å². The lowest BCUT2D eigenvalue weighted by molar-refractivity contribution is -0.132. The summed E-state index contributed by atoms with van der Waals surface area (Å²) in [5.41, 5.74) is 3.29. The Bertz CT molecular complexity index is 854. The van der Waals surface area contributed by atoms with Crippen molar-refractivity contribution in [1.82, 2.24) is 4.90 Å². The highest BCUT2D eigenvalue weighted by Gasteiger charge is 2.30. The SMILES string of the molecule is CC(=O)N1CCc2ccccc2C1CC(=O)Nc1cccc(C#N)c1. The van der Waals surface area contributed by atoms with Gasteiger partial charge in [0.25, 0.3) is 0 Å². The van der Waals surface area contributed by atoms with Crippen molar-refractivity contribution in [3.63, 3.8) is 0 Å². The third kappa shape index (κ3) is 3.69. The molecule has 2 aromatic rings. The standard InChI is InChI=1S/C20H19N3O2/c1-14(24)23-10-9-16-6-2-3-8-18(16)19(23)12-20(25)22-17-7-4-5-15(11-17)13-21/h2-8,11,19H,9-10,12H2,1H3,(H,22,25). The third-order valence-electron chi connectivity index (χ3n) is 4.47. The van der Waals surface area contributed by atoms with Gasteiger partial charge in [-0.2, -0.15) is 5.26 Å². The van der Waals surface area contributed by atoms with Gasteiger partial charge >= 0.3 is 0 Å². The van der Waals surface area contributed by atoms with Gasteiger partial charge in [0, 0.05) is 19.2 Å². The first kappa shape index (κ1) is 16.7. The van der Waals surface area contributed by atoms with Gasteiger partial charge in [-0.25, -0.2) is 0 Å². The summed E-state index contributed by atoms with van der Waals surface area (Å²) in [6.07, 6.45) is 0.992. The predicted octanol–water partition coefficient (Wildman–Crippen LogP) is 3.03. The Morgan fingerprint density at radius 1 is 1.24 bits per heavy atom. The molecule has 1 aliphatic rings. The summed E-state index contributed by atoms with van der Waals surface area (Å²) in [5.74, 6) is -0.207. The molecule has 0 fully saturated rings. The number of carbonyl (C=O) groups is 2. The van der Waals surface area contributed by atoms with Crippen LogP contribution in [0.2, 0.25) is 0 Å². The molecule has 0 spiro atoms. The summed E-state index contributed by atoms with van der Waals surface area (Å²) in [5, 5.41) is 11.8. The lowest BCUT2D eigenvalue weighted by Crippen LogP contribution is -2.40. The number of rotatable bonds is 3. The second-order valence-corrected chi connectivity index (χ2v) is 6.12. The highest BCUT2D eigenvalue weighted by molar-refractivity contribution is 5.91. The van der Waals surface area contributed by atoms with Crippen molar-refractivity contribution in [3.05, 3.63) is 65.2 Å². The fourth-order valence-corrected chi connectivity index (χ4v) is 3.30. The average Bonchev–Trinajstić information content (AvgIpc) is 2.61.